The highest BCUT2D eigenvalue weighted by molar-refractivity contribution is 5.36. The largest absolute Gasteiger partial charge is 0.384 e. The molecule has 0 saturated carbocycles. The first-order valence-electron chi connectivity index (χ1n) is 5.13. The summed E-state index contributed by atoms with van der Waals surface area (Å²) >= 11 is 0. The molecule has 2 heterocycles. The number of aryl methyl sites for hydroxylation is 1. The second-order valence-electron chi connectivity index (χ2n) is 3.95. The molecule has 0 amide bonds. The van der Waals surface area contributed by atoms with Crippen LogP contribution in [0.1, 0.15) is 18.4 Å². The van der Waals surface area contributed by atoms with Crippen LogP contribution in [-0.4, -0.2) is 23.0 Å². The SMILES string of the molecule is Cc1cnn(CC2CCOCC2)c1N. The molecule has 1 aliphatic rings. The van der Waals surface area contributed by atoms with Crippen LogP contribution >= 0.6 is 0 Å². The van der Waals surface area contributed by atoms with Gasteiger partial charge in [-0.15, -0.1) is 0 Å². The van der Waals surface area contributed by atoms with Gasteiger partial charge in [-0.2, -0.15) is 5.10 Å². The van der Waals surface area contributed by atoms with E-state index in [-0.39, 0.29) is 0 Å². The Morgan fingerprint density at radius 1 is 1.57 bits per heavy atom. The fourth-order valence-electron chi connectivity index (χ4n) is 1.81. The number of hydrogen-bond acceptors (Lipinski definition) is 3. The van der Waals surface area contributed by atoms with Gasteiger partial charge in [0.2, 0.25) is 0 Å². The molecular weight excluding hydrogens is 178 g/mol. The molecule has 0 atom stereocenters. The maximum absolute atomic E-state index is 5.89. The van der Waals surface area contributed by atoms with Crippen LogP contribution in [0.2, 0.25) is 0 Å². The maximum atomic E-state index is 5.89. The molecule has 0 bridgehead atoms. The molecule has 1 aliphatic heterocycles. The van der Waals surface area contributed by atoms with Crippen LogP contribution in [0, 0.1) is 12.8 Å². The van der Waals surface area contributed by atoms with Crippen molar-refractivity contribution in [3.05, 3.63) is 11.8 Å². The zero-order chi connectivity index (χ0) is 9.97. The van der Waals surface area contributed by atoms with Crippen LogP contribution in [0.15, 0.2) is 6.20 Å². The van der Waals surface area contributed by atoms with Crippen molar-refractivity contribution in [3.63, 3.8) is 0 Å². The summed E-state index contributed by atoms with van der Waals surface area (Å²) in [4.78, 5) is 0. The van der Waals surface area contributed by atoms with Crippen molar-refractivity contribution in [2.24, 2.45) is 5.92 Å². The van der Waals surface area contributed by atoms with Gasteiger partial charge in [-0.3, -0.25) is 0 Å². The lowest BCUT2D eigenvalue weighted by Crippen LogP contribution is -2.21. The number of rotatable bonds is 2. The van der Waals surface area contributed by atoms with Crippen molar-refractivity contribution < 1.29 is 4.74 Å². The molecule has 14 heavy (non-hydrogen) atoms. The first kappa shape index (κ1) is 9.52. The zero-order valence-electron chi connectivity index (χ0n) is 8.57. The number of ether oxygens (including phenoxy) is 1. The van der Waals surface area contributed by atoms with E-state index in [2.05, 4.69) is 5.10 Å². The molecule has 4 heteroatoms. The van der Waals surface area contributed by atoms with Gasteiger partial charge in [-0.1, -0.05) is 0 Å². The van der Waals surface area contributed by atoms with Gasteiger partial charge in [0.05, 0.1) is 6.20 Å². The van der Waals surface area contributed by atoms with Gasteiger partial charge in [0.15, 0.2) is 0 Å². The molecule has 1 aromatic rings. The van der Waals surface area contributed by atoms with Crippen LogP contribution in [0.3, 0.4) is 0 Å². The molecule has 1 saturated heterocycles. The number of nitrogens with zero attached hydrogens (tertiary/aromatic N) is 2. The predicted molar refractivity (Wildman–Crippen MR) is 54.9 cm³/mol. The number of hydrogen-bond donors (Lipinski definition) is 1. The molecule has 78 valence electrons. The first-order valence-corrected chi connectivity index (χ1v) is 5.13. The van der Waals surface area contributed by atoms with Crippen LogP contribution in [0.25, 0.3) is 0 Å². The van der Waals surface area contributed by atoms with Gasteiger partial charge in [-0.05, 0) is 25.7 Å². The van der Waals surface area contributed by atoms with Crippen molar-refractivity contribution in [2.75, 3.05) is 18.9 Å². The molecular formula is C10H17N3O. The van der Waals surface area contributed by atoms with Gasteiger partial charge in [-0.25, -0.2) is 4.68 Å². The number of nitrogen functional groups attached to an aromatic ring is 1. The van der Waals surface area contributed by atoms with E-state index in [0.717, 1.165) is 44.0 Å². The van der Waals surface area contributed by atoms with E-state index in [1.807, 2.05) is 17.8 Å². The van der Waals surface area contributed by atoms with E-state index in [1.54, 1.807) is 0 Å². The van der Waals surface area contributed by atoms with Gasteiger partial charge in [0.1, 0.15) is 5.82 Å². The van der Waals surface area contributed by atoms with Crippen molar-refractivity contribution in [2.45, 2.75) is 26.3 Å². The second-order valence-corrected chi connectivity index (χ2v) is 3.95. The van der Waals surface area contributed by atoms with E-state index in [0.29, 0.717) is 5.92 Å². The van der Waals surface area contributed by atoms with Gasteiger partial charge in [0.25, 0.3) is 0 Å². The van der Waals surface area contributed by atoms with Crippen LogP contribution in [0.5, 0.6) is 0 Å². The van der Waals surface area contributed by atoms with E-state index in [1.165, 1.54) is 0 Å². The summed E-state index contributed by atoms with van der Waals surface area (Å²) in [7, 11) is 0. The summed E-state index contributed by atoms with van der Waals surface area (Å²) in [5.41, 5.74) is 6.96. The Hall–Kier alpha value is -1.03. The molecule has 0 radical (unpaired) electrons. The Labute approximate surface area is 84.0 Å². The highest BCUT2D eigenvalue weighted by Crippen LogP contribution is 2.19. The summed E-state index contributed by atoms with van der Waals surface area (Å²) in [6.45, 7) is 4.68. The fourth-order valence-corrected chi connectivity index (χ4v) is 1.81. The Morgan fingerprint density at radius 3 is 2.86 bits per heavy atom. The van der Waals surface area contributed by atoms with Crippen molar-refractivity contribution in [1.82, 2.24) is 9.78 Å². The summed E-state index contributed by atoms with van der Waals surface area (Å²) in [5, 5.41) is 4.26. The van der Waals surface area contributed by atoms with E-state index in [9.17, 15) is 0 Å². The lowest BCUT2D eigenvalue weighted by Gasteiger charge is -2.22. The van der Waals surface area contributed by atoms with Gasteiger partial charge in [0, 0.05) is 25.3 Å². The normalized spacial score (nSPS) is 18.6. The fraction of sp³-hybridized carbons (Fsp3) is 0.700. The monoisotopic (exact) mass is 195 g/mol. The highest BCUT2D eigenvalue weighted by atomic mass is 16.5. The van der Waals surface area contributed by atoms with Crippen LogP contribution in [0.4, 0.5) is 5.82 Å². The van der Waals surface area contributed by atoms with Crippen LogP contribution < -0.4 is 5.73 Å². The molecule has 0 aliphatic carbocycles. The molecule has 2 N–H and O–H groups in total. The van der Waals surface area contributed by atoms with E-state index >= 15 is 0 Å². The maximum Gasteiger partial charge on any atom is 0.124 e. The Morgan fingerprint density at radius 2 is 2.29 bits per heavy atom. The smallest absolute Gasteiger partial charge is 0.124 e. The van der Waals surface area contributed by atoms with Crippen molar-refractivity contribution in [1.29, 1.82) is 0 Å². The Balaban J connectivity index is 1.99. The molecule has 1 aromatic heterocycles. The topological polar surface area (TPSA) is 53.1 Å². The van der Waals surface area contributed by atoms with Gasteiger partial charge < -0.3 is 10.5 Å². The minimum absolute atomic E-state index is 0.672. The Bertz CT molecular complexity index is 302. The van der Waals surface area contributed by atoms with Crippen molar-refractivity contribution in [3.8, 4) is 0 Å². The molecule has 4 nitrogen and oxygen atoms in total. The summed E-state index contributed by atoms with van der Waals surface area (Å²) in [6.07, 6.45) is 4.07. The third-order valence-corrected chi connectivity index (χ3v) is 2.84. The zero-order valence-corrected chi connectivity index (χ0v) is 8.57. The summed E-state index contributed by atoms with van der Waals surface area (Å²) < 4.78 is 7.22. The van der Waals surface area contributed by atoms with Crippen molar-refractivity contribution >= 4 is 5.82 Å². The average molecular weight is 195 g/mol. The van der Waals surface area contributed by atoms with E-state index in [4.69, 9.17) is 10.5 Å². The standard InChI is InChI=1S/C10H17N3O/c1-8-6-12-13(10(8)11)7-9-2-4-14-5-3-9/h6,9H,2-5,7,11H2,1H3. The molecule has 0 unspecified atom stereocenters. The lowest BCUT2D eigenvalue weighted by molar-refractivity contribution is 0.0603. The average Bonchev–Trinajstić information content (AvgIpc) is 2.52. The first-order chi connectivity index (χ1) is 6.77. The third kappa shape index (κ3) is 1.90. The minimum Gasteiger partial charge on any atom is -0.384 e. The molecule has 0 aromatic carbocycles. The highest BCUT2D eigenvalue weighted by Gasteiger charge is 2.15. The second kappa shape index (κ2) is 4.00. The summed E-state index contributed by atoms with van der Waals surface area (Å²) in [5.74, 6) is 1.47. The molecule has 2 rings (SSSR count). The molecule has 0 spiro atoms. The third-order valence-electron chi connectivity index (χ3n) is 2.84. The van der Waals surface area contributed by atoms with E-state index < -0.39 is 0 Å². The van der Waals surface area contributed by atoms with Gasteiger partial charge >= 0.3 is 0 Å². The quantitative estimate of drug-likeness (QED) is 0.771. The predicted octanol–water partition coefficient (Wildman–Crippen LogP) is 1.20. The summed E-state index contributed by atoms with van der Waals surface area (Å²) in [6, 6.07) is 0. The lowest BCUT2D eigenvalue weighted by atomic mass is 10.0. The number of aromatic nitrogens is 2. The molecule has 1 fully saturated rings. The minimum atomic E-state index is 0.672. The Kier molecular flexibility index (Phi) is 2.72. The number of anilines is 1. The number of nitrogens with two attached hydrogens (primary N) is 1. The van der Waals surface area contributed by atoms with Crippen LogP contribution in [-0.2, 0) is 11.3 Å².